The summed E-state index contributed by atoms with van der Waals surface area (Å²) in [5.74, 6) is -1.54. The molecule has 0 fully saturated rings. The highest BCUT2D eigenvalue weighted by molar-refractivity contribution is 7.80. The van der Waals surface area contributed by atoms with Gasteiger partial charge in [-0.15, -0.1) is 0 Å². The van der Waals surface area contributed by atoms with Crippen molar-refractivity contribution in [2.45, 2.75) is 6.92 Å². The summed E-state index contributed by atoms with van der Waals surface area (Å²) in [6.45, 7) is 1.22. The molecule has 0 radical (unpaired) electrons. The fraction of sp³-hybridized carbons (Fsp3) is 0.235. The largest absolute Gasteiger partial charge is 0.480 e. The van der Waals surface area contributed by atoms with Crippen molar-refractivity contribution in [1.82, 2.24) is 5.01 Å². The van der Waals surface area contributed by atoms with Crippen molar-refractivity contribution in [2.75, 3.05) is 12.3 Å². The highest BCUT2D eigenvalue weighted by atomic mass is 32.1. The third-order valence-corrected chi connectivity index (χ3v) is 3.94. The van der Waals surface area contributed by atoms with Crippen molar-refractivity contribution in [1.29, 1.82) is 0 Å². The molecule has 23 heavy (non-hydrogen) atoms. The number of hydrogen-bond donors (Lipinski definition) is 2. The number of hydrogen-bond acceptors (Lipinski definition) is 4. The number of carboxylic acids is 1. The molecule has 0 bridgehead atoms. The number of hydrazone groups is 1. The van der Waals surface area contributed by atoms with Gasteiger partial charge in [-0.25, -0.2) is 5.01 Å². The van der Waals surface area contributed by atoms with Crippen LogP contribution in [-0.2, 0) is 9.59 Å². The van der Waals surface area contributed by atoms with E-state index in [-0.39, 0.29) is 5.91 Å². The molecule has 1 atom stereocenters. The Balaban J connectivity index is 2.32. The molecule has 6 heteroatoms. The molecular weight excluding hydrogens is 312 g/mol. The molecule has 2 aromatic carbocycles. The van der Waals surface area contributed by atoms with Gasteiger partial charge in [-0.05, 0) is 10.8 Å². The molecule has 0 aliphatic rings. The Morgan fingerprint density at radius 2 is 1.96 bits per heavy atom. The Kier molecular flexibility index (Phi) is 5.76. The fourth-order valence-electron chi connectivity index (χ4n) is 2.13. The lowest BCUT2D eigenvalue weighted by atomic mass is 10.1. The van der Waals surface area contributed by atoms with Crippen LogP contribution in [0, 0.1) is 5.92 Å². The molecule has 5 nitrogen and oxygen atoms in total. The summed E-state index contributed by atoms with van der Waals surface area (Å²) in [7, 11) is 0. The number of benzene rings is 2. The Morgan fingerprint density at radius 3 is 2.65 bits per heavy atom. The van der Waals surface area contributed by atoms with Crippen LogP contribution in [0.1, 0.15) is 12.5 Å². The van der Waals surface area contributed by atoms with Gasteiger partial charge < -0.3 is 5.11 Å². The molecule has 120 valence electrons. The van der Waals surface area contributed by atoms with Gasteiger partial charge in [0.25, 0.3) is 0 Å². The first-order valence-electron chi connectivity index (χ1n) is 7.18. The van der Waals surface area contributed by atoms with Gasteiger partial charge in [0.1, 0.15) is 6.54 Å². The van der Waals surface area contributed by atoms with Crippen LogP contribution in [0.5, 0.6) is 0 Å². The zero-order valence-corrected chi connectivity index (χ0v) is 13.6. The summed E-state index contributed by atoms with van der Waals surface area (Å²) in [4.78, 5) is 23.2. The number of carboxylic acid groups (broad SMARTS) is 1. The Labute approximate surface area is 140 Å². The van der Waals surface area contributed by atoms with Gasteiger partial charge in [0.15, 0.2) is 0 Å². The predicted octanol–water partition coefficient (Wildman–Crippen LogP) is 2.65. The number of nitrogens with zero attached hydrogens (tertiary/aromatic N) is 2. The second-order valence-electron chi connectivity index (χ2n) is 5.19. The van der Waals surface area contributed by atoms with Gasteiger partial charge in [-0.1, -0.05) is 49.4 Å². The van der Waals surface area contributed by atoms with Gasteiger partial charge >= 0.3 is 5.97 Å². The molecular formula is C17H18N2O3S. The van der Waals surface area contributed by atoms with Gasteiger partial charge in [0.05, 0.1) is 6.21 Å². The number of thiol groups is 1. The van der Waals surface area contributed by atoms with Crippen molar-refractivity contribution < 1.29 is 14.7 Å². The molecule has 0 saturated carbocycles. The number of aliphatic carboxylic acids is 1. The van der Waals surface area contributed by atoms with Crippen LogP contribution in [0.15, 0.2) is 47.6 Å². The van der Waals surface area contributed by atoms with E-state index in [1.54, 1.807) is 6.92 Å². The van der Waals surface area contributed by atoms with Gasteiger partial charge in [0, 0.05) is 17.2 Å². The Morgan fingerprint density at radius 1 is 1.26 bits per heavy atom. The number of carbonyl (C=O) groups excluding carboxylic acids is 1. The summed E-state index contributed by atoms with van der Waals surface area (Å²) < 4.78 is 0. The zero-order chi connectivity index (χ0) is 16.8. The first kappa shape index (κ1) is 17.0. The molecule has 1 N–H and O–H groups in total. The van der Waals surface area contributed by atoms with Crippen LogP contribution in [0.4, 0.5) is 0 Å². The lowest BCUT2D eigenvalue weighted by Crippen LogP contribution is -2.35. The van der Waals surface area contributed by atoms with Crippen LogP contribution in [0.25, 0.3) is 10.8 Å². The first-order chi connectivity index (χ1) is 11.0. The van der Waals surface area contributed by atoms with E-state index in [1.807, 2.05) is 42.5 Å². The minimum Gasteiger partial charge on any atom is -0.480 e. The molecule has 0 unspecified atom stereocenters. The predicted molar refractivity (Wildman–Crippen MR) is 93.9 cm³/mol. The third-order valence-electron chi connectivity index (χ3n) is 3.39. The van der Waals surface area contributed by atoms with Crippen molar-refractivity contribution in [2.24, 2.45) is 11.0 Å². The minimum absolute atomic E-state index is 0.332. The van der Waals surface area contributed by atoms with Crippen LogP contribution in [-0.4, -0.2) is 40.5 Å². The highest BCUT2D eigenvalue weighted by Crippen LogP contribution is 2.17. The first-order valence-corrected chi connectivity index (χ1v) is 7.82. The molecule has 0 aromatic heterocycles. The van der Waals surface area contributed by atoms with Crippen molar-refractivity contribution in [3.05, 3.63) is 48.0 Å². The standard InChI is InChI=1S/C17H18N2O3S/c1-12(11-23)17(22)19(10-16(20)21)18-9-14-7-4-6-13-5-2-3-8-15(13)14/h2-9,12,23H,10-11H2,1H3,(H,20,21)/b18-9-/t12-/m1/s1. The summed E-state index contributed by atoms with van der Waals surface area (Å²) in [5, 5.41) is 16.1. The number of amides is 1. The van der Waals surface area contributed by atoms with E-state index in [9.17, 15) is 9.59 Å². The second-order valence-corrected chi connectivity index (χ2v) is 5.55. The lowest BCUT2D eigenvalue weighted by Gasteiger charge is -2.18. The van der Waals surface area contributed by atoms with E-state index in [1.165, 1.54) is 6.21 Å². The van der Waals surface area contributed by atoms with Crippen LogP contribution in [0.3, 0.4) is 0 Å². The van der Waals surface area contributed by atoms with E-state index < -0.39 is 18.4 Å². The van der Waals surface area contributed by atoms with E-state index >= 15 is 0 Å². The Bertz CT molecular complexity index is 740. The van der Waals surface area contributed by atoms with Crippen molar-refractivity contribution in [3.8, 4) is 0 Å². The van der Waals surface area contributed by atoms with E-state index in [0.29, 0.717) is 5.75 Å². The Hall–Kier alpha value is -2.34. The molecule has 2 rings (SSSR count). The smallest absolute Gasteiger partial charge is 0.325 e. The number of fused-ring (bicyclic) bond motifs is 1. The summed E-state index contributed by atoms with van der Waals surface area (Å²) >= 11 is 4.08. The molecule has 1 amide bonds. The SMILES string of the molecule is C[C@H](CS)C(=O)N(CC(=O)O)/N=C\c1cccc2ccccc12. The lowest BCUT2D eigenvalue weighted by molar-refractivity contribution is -0.145. The van der Waals surface area contributed by atoms with Crippen LogP contribution in [0.2, 0.25) is 0 Å². The summed E-state index contributed by atoms with van der Waals surface area (Å²) in [6, 6.07) is 13.5. The summed E-state index contributed by atoms with van der Waals surface area (Å²) in [5.41, 5.74) is 0.824. The third kappa shape index (κ3) is 4.32. The fourth-order valence-corrected chi connectivity index (χ4v) is 2.29. The van der Waals surface area contributed by atoms with E-state index in [2.05, 4.69) is 17.7 Å². The van der Waals surface area contributed by atoms with E-state index in [0.717, 1.165) is 21.3 Å². The van der Waals surface area contributed by atoms with Gasteiger partial charge in [-0.2, -0.15) is 17.7 Å². The highest BCUT2D eigenvalue weighted by Gasteiger charge is 2.21. The quantitative estimate of drug-likeness (QED) is 0.486. The molecule has 0 saturated heterocycles. The van der Waals surface area contributed by atoms with Gasteiger partial charge in [0.2, 0.25) is 5.91 Å². The second kappa shape index (κ2) is 7.78. The van der Waals surface area contributed by atoms with Crippen molar-refractivity contribution in [3.63, 3.8) is 0 Å². The maximum Gasteiger partial charge on any atom is 0.325 e. The van der Waals surface area contributed by atoms with E-state index in [4.69, 9.17) is 5.11 Å². The maximum atomic E-state index is 12.2. The number of carbonyl (C=O) groups is 2. The van der Waals surface area contributed by atoms with Crippen LogP contribution < -0.4 is 0 Å². The molecule has 2 aromatic rings. The molecule has 0 aliphatic heterocycles. The molecule has 0 aliphatic carbocycles. The normalized spacial score (nSPS) is 12.4. The average molecular weight is 330 g/mol. The van der Waals surface area contributed by atoms with Crippen molar-refractivity contribution >= 4 is 41.5 Å². The molecule has 0 spiro atoms. The minimum atomic E-state index is -1.11. The molecule has 0 heterocycles. The van der Waals surface area contributed by atoms with Gasteiger partial charge in [-0.3, -0.25) is 9.59 Å². The maximum absolute atomic E-state index is 12.2. The number of rotatable bonds is 6. The topological polar surface area (TPSA) is 70.0 Å². The monoisotopic (exact) mass is 330 g/mol. The summed E-state index contributed by atoms with van der Waals surface area (Å²) in [6.07, 6.45) is 1.52. The average Bonchev–Trinajstić information content (AvgIpc) is 2.56. The van der Waals surface area contributed by atoms with Crippen LogP contribution >= 0.6 is 12.6 Å². The zero-order valence-electron chi connectivity index (χ0n) is 12.7.